The number of non-ortho nitro benzene ring substituents is 1. The van der Waals surface area contributed by atoms with E-state index in [1.165, 1.54) is 18.2 Å². The van der Waals surface area contributed by atoms with Crippen molar-refractivity contribution in [2.75, 3.05) is 5.32 Å². The minimum absolute atomic E-state index is 0.0675. The molecule has 8 heteroatoms. The molecule has 0 atom stereocenters. The van der Waals surface area contributed by atoms with Crippen LogP contribution in [0.25, 0.3) is 11.5 Å². The number of aryl methyl sites for hydroxylation is 1. The van der Waals surface area contributed by atoms with Crippen molar-refractivity contribution in [3.8, 4) is 11.5 Å². The second-order valence-corrected chi connectivity index (χ2v) is 5.58. The molecule has 0 aliphatic rings. The van der Waals surface area contributed by atoms with Crippen molar-refractivity contribution in [2.24, 2.45) is 0 Å². The van der Waals surface area contributed by atoms with Crippen LogP contribution >= 0.6 is 0 Å². The summed E-state index contributed by atoms with van der Waals surface area (Å²) in [4.78, 5) is 22.2. The summed E-state index contributed by atoms with van der Waals surface area (Å²) < 4.78 is 5.58. The number of amides is 1. The van der Waals surface area contributed by atoms with Crippen LogP contribution in [0.15, 0.2) is 59.0 Å². The number of benzene rings is 2. The van der Waals surface area contributed by atoms with E-state index in [1.54, 1.807) is 6.07 Å². The molecule has 0 fully saturated rings. The van der Waals surface area contributed by atoms with Gasteiger partial charge >= 0.3 is 0 Å². The maximum absolute atomic E-state index is 12.0. The molecular formula is C18H16N4O4. The van der Waals surface area contributed by atoms with Crippen molar-refractivity contribution in [2.45, 2.75) is 19.3 Å². The summed E-state index contributed by atoms with van der Waals surface area (Å²) in [6.07, 6.45) is 1.24. The van der Waals surface area contributed by atoms with Gasteiger partial charge in [-0.25, -0.2) is 0 Å². The smallest absolute Gasteiger partial charge is 0.271 e. The quantitative estimate of drug-likeness (QED) is 0.513. The Morgan fingerprint density at radius 3 is 2.69 bits per heavy atom. The predicted molar refractivity (Wildman–Crippen MR) is 94.4 cm³/mol. The lowest BCUT2D eigenvalue weighted by molar-refractivity contribution is -0.384. The zero-order valence-electron chi connectivity index (χ0n) is 13.8. The summed E-state index contributed by atoms with van der Waals surface area (Å²) in [6.45, 7) is 0. The van der Waals surface area contributed by atoms with Crippen LogP contribution in [0.1, 0.15) is 18.7 Å². The number of rotatable bonds is 7. The van der Waals surface area contributed by atoms with Crippen molar-refractivity contribution >= 4 is 17.3 Å². The Bertz CT molecular complexity index is 908. The number of hydrogen-bond acceptors (Lipinski definition) is 6. The molecule has 1 N–H and O–H groups in total. The van der Waals surface area contributed by atoms with Crippen molar-refractivity contribution < 1.29 is 14.1 Å². The predicted octanol–water partition coefficient (Wildman–Crippen LogP) is 3.61. The number of anilines is 1. The van der Waals surface area contributed by atoms with Crippen LogP contribution in [0, 0.1) is 10.1 Å². The minimum atomic E-state index is -0.504. The van der Waals surface area contributed by atoms with Gasteiger partial charge < -0.3 is 9.73 Å². The van der Waals surface area contributed by atoms with Crippen LogP contribution in [0.3, 0.4) is 0 Å². The lowest BCUT2D eigenvalue weighted by atomic mass is 10.2. The van der Waals surface area contributed by atoms with E-state index in [0.717, 1.165) is 5.56 Å². The number of nitrogens with zero attached hydrogens (tertiary/aromatic N) is 3. The van der Waals surface area contributed by atoms with Crippen LogP contribution in [0.2, 0.25) is 0 Å². The molecule has 3 rings (SSSR count). The van der Waals surface area contributed by atoms with Gasteiger partial charge in [-0.1, -0.05) is 24.3 Å². The number of hydrogen-bond donors (Lipinski definition) is 1. The minimum Gasteiger partial charge on any atom is -0.421 e. The number of carbonyl (C=O) groups is 1. The molecule has 1 amide bonds. The molecule has 8 nitrogen and oxygen atoms in total. The van der Waals surface area contributed by atoms with Crippen LogP contribution in [0.4, 0.5) is 11.4 Å². The Morgan fingerprint density at radius 2 is 1.92 bits per heavy atom. The highest BCUT2D eigenvalue weighted by atomic mass is 16.6. The summed E-state index contributed by atoms with van der Waals surface area (Å²) in [7, 11) is 0. The number of carbonyl (C=O) groups excluding carboxylic acids is 1. The van der Waals surface area contributed by atoms with E-state index in [2.05, 4.69) is 15.5 Å². The molecule has 0 aliphatic heterocycles. The number of aromatic nitrogens is 2. The van der Waals surface area contributed by atoms with Gasteiger partial charge in [-0.15, -0.1) is 10.2 Å². The zero-order chi connectivity index (χ0) is 18.4. The Hall–Kier alpha value is -3.55. The summed E-state index contributed by atoms with van der Waals surface area (Å²) in [6, 6.07) is 15.3. The summed E-state index contributed by atoms with van der Waals surface area (Å²) in [5.74, 6) is 0.682. The summed E-state index contributed by atoms with van der Waals surface area (Å²) in [5, 5.41) is 21.4. The van der Waals surface area contributed by atoms with E-state index in [-0.39, 0.29) is 18.0 Å². The highest BCUT2D eigenvalue weighted by Crippen LogP contribution is 2.19. The Kier molecular flexibility index (Phi) is 5.33. The molecular weight excluding hydrogens is 336 g/mol. The standard InChI is InChI=1S/C18H16N4O4/c23-16(19-14-8-4-9-15(12-14)22(24)25)10-5-11-17-20-21-18(26-17)13-6-2-1-3-7-13/h1-4,6-9,12H,5,10-11H2,(H,19,23). The second-order valence-electron chi connectivity index (χ2n) is 5.58. The normalized spacial score (nSPS) is 10.5. The van der Waals surface area contributed by atoms with Crippen LogP contribution in [-0.2, 0) is 11.2 Å². The van der Waals surface area contributed by atoms with E-state index in [9.17, 15) is 14.9 Å². The monoisotopic (exact) mass is 352 g/mol. The van der Waals surface area contributed by atoms with Gasteiger partial charge in [0.15, 0.2) is 0 Å². The first-order chi connectivity index (χ1) is 12.6. The van der Waals surface area contributed by atoms with Gasteiger partial charge in [0.1, 0.15) is 0 Å². The van der Waals surface area contributed by atoms with Crippen molar-refractivity contribution in [1.82, 2.24) is 10.2 Å². The fraction of sp³-hybridized carbons (Fsp3) is 0.167. The van der Waals surface area contributed by atoms with E-state index >= 15 is 0 Å². The maximum Gasteiger partial charge on any atom is 0.271 e. The average molecular weight is 352 g/mol. The SMILES string of the molecule is O=C(CCCc1nnc(-c2ccccc2)o1)Nc1cccc([N+](=O)[O-])c1. The van der Waals surface area contributed by atoms with E-state index < -0.39 is 4.92 Å². The molecule has 0 radical (unpaired) electrons. The lowest BCUT2D eigenvalue weighted by Gasteiger charge is -2.04. The Balaban J connectivity index is 1.49. The fourth-order valence-electron chi connectivity index (χ4n) is 2.37. The number of nitro groups is 1. The molecule has 26 heavy (non-hydrogen) atoms. The van der Waals surface area contributed by atoms with Crippen molar-refractivity contribution in [1.29, 1.82) is 0 Å². The zero-order valence-corrected chi connectivity index (χ0v) is 13.8. The van der Waals surface area contributed by atoms with Crippen molar-refractivity contribution in [3.05, 3.63) is 70.6 Å². The largest absolute Gasteiger partial charge is 0.421 e. The van der Waals surface area contributed by atoms with Gasteiger partial charge in [-0.2, -0.15) is 0 Å². The van der Waals surface area contributed by atoms with Crippen LogP contribution in [0.5, 0.6) is 0 Å². The first-order valence-electron chi connectivity index (χ1n) is 8.04. The molecule has 0 aliphatic carbocycles. The third-order valence-electron chi connectivity index (χ3n) is 3.62. The first-order valence-corrected chi connectivity index (χ1v) is 8.04. The molecule has 1 aromatic heterocycles. The molecule has 0 unspecified atom stereocenters. The molecule has 2 aromatic carbocycles. The van der Waals surface area contributed by atoms with Gasteiger partial charge in [0.2, 0.25) is 17.7 Å². The highest BCUT2D eigenvalue weighted by molar-refractivity contribution is 5.90. The fourth-order valence-corrected chi connectivity index (χ4v) is 2.37. The van der Waals surface area contributed by atoms with Gasteiger partial charge in [0.25, 0.3) is 5.69 Å². The van der Waals surface area contributed by atoms with Crippen LogP contribution in [-0.4, -0.2) is 21.0 Å². The topological polar surface area (TPSA) is 111 Å². The maximum atomic E-state index is 12.0. The molecule has 1 heterocycles. The molecule has 132 valence electrons. The van der Waals surface area contributed by atoms with E-state index in [4.69, 9.17) is 4.42 Å². The molecule has 0 saturated carbocycles. The van der Waals surface area contributed by atoms with Crippen molar-refractivity contribution in [3.63, 3.8) is 0 Å². The third-order valence-corrected chi connectivity index (χ3v) is 3.62. The molecule has 3 aromatic rings. The second kappa shape index (κ2) is 8.02. The molecule has 0 bridgehead atoms. The Morgan fingerprint density at radius 1 is 1.12 bits per heavy atom. The summed E-state index contributed by atoms with van der Waals surface area (Å²) >= 11 is 0. The van der Waals surface area contributed by atoms with E-state index in [1.807, 2.05) is 30.3 Å². The van der Waals surface area contributed by atoms with Gasteiger partial charge in [-0.05, 0) is 24.6 Å². The average Bonchev–Trinajstić information content (AvgIpc) is 3.11. The summed E-state index contributed by atoms with van der Waals surface area (Å²) in [5.41, 5.74) is 1.17. The van der Waals surface area contributed by atoms with E-state index in [0.29, 0.717) is 30.3 Å². The highest BCUT2D eigenvalue weighted by Gasteiger charge is 2.11. The Labute approximate surface area is 149 Å². The van der Waals surface area contributed by atoms with Gasteiger partial charge in [0, 0.05) is 36.2 Å². The molecule has 0 spiro atoms. The van der Waals surface area contributed by atoms with Gasteiger partial charge in [-0.3, -0.25) is 14.9 Å². The number of nitro benzene ring substituents is 1. The van der Waals surface area contributed by atoms with Crippen LogP contribution < -0.4 is 5.32 Å². The number of nitrogens with one attached hydrogen (secondary N) is 1. The first kappa shape index (κ1) is 17.3. The lowest BCUT2D eigenvalue weighted by Crippen LogP contribution is -2.11. The third kappa shape index (κ3) is 4.50. The molecule has 0 saturated heterocycles. The van der Waals surface area contributed by atoms with Gasteiger partial charge in [0.05, 0.1) is 4.92 Å².